The highest BCUT2D eigenvalue weighted by molar-refractivity contribution is 5.14. The van der Waals surface area contributed by atoms with Crippen LogP contribution in [0.4, 0.5) is 0 Å². The molecule has 0 saturated heterocycles. The van der Waals surface area contributed by atoms with Crippen LogP contribution in [0.5, 0.6) is 0 Å². The average Bonchev–Trinajstić information content (AvgIpc) is 2.39. The third kappa shape index (κ3) is 4.49. The van der Waals surface area contributed by atoms with Crippen LogP contribution in [0.25, 0.3) is 0 Å². The van der Waals surface area contributed by atoms with Crippen molar-refractivity contribution in [1.29, 1.82) is 0 Å². The van der Waals surface area contributed by atoms with Gasteiger partial charge in [-0.2, -0.15) is 0 Å². The van der Waals surface area contributed by atoms with Crippen molar-refractivity contribution in [2.75, 3.05) is 13.1 Å². The molecule has 0 aliphatic rings. The average molecular weight is 234 g/mol. The van der Waals surface area contributed by atoms with Crippen molar-refractivity contribution in [2.45, 2.75) is 45.7 Å². The van der Waals surface area contributed by atoms with Gasteiger partial charge in [0.15, 0.2) is 0 Å². The summed E-state index contributed by atoms with van der Waals surface area (Å²) < 4.78 is 0. The monoisotopic (exact) mass is 234 g/mol. The van der Waals surface area contributed by atoms with Crippen LogP contribution < -0.4 is 5.73 Å². The van der Waals surface area contributed by atoms with Crippen molar-refractivity contribution >= 4 is 0 Å². The van der Waals surface area contributed by atoms with E-state index in [1.54, 1.807) is 0 Å². The summed E-state index contributed by atoms with van der Waals surface area (Å²) in [5, 5.41) is 0. The topological polar surface area (TPSA) is 29.3 Å². The summed E-state index contributed by atoms with van der Waals surface area (Å²) >= 11 is 0. The molecular formula is C15H26N2. The molecule has 0 spiro atoms. The predicted octanol–water partition coefficient (Wildman–Crippen LogP) is 3.03. The van der Waals surface area contributed by atoms with Gasteiger partial charge in [0.25, 0.3) is 0 Å². The Morgan fingerprint density at radius 3 is 2.12 bits per heavy atom. The summed E-state index contributed by atoms with van der Waals surface area (Å²) in [6, 6.07) is 10.6. The van der Waals surface area contributed by atoms with E-state index in [1.807, 2.05) is 0 Å². The van der Waals surface area contributed by atoms with Gasteiger partial charge in [0.2, 0.25) is 0 Å². The maximum Gasteiger partial charge on any atom is 0.0278 e. The first-order chi connectivity index (χ1) is 8.13. The smallest absolute Gasteiger partial charge is 0.0278 e. The number of nitrogens with zero attached hydrogens (tertiary/aromatic N) is 1. The van der Waals surface area contributed by atoms with Gasteiger partial charge in [0, 0.05) is 18.6 Å². The highest BCUT2D eigenvalue weighted by Gasteiger charge is 2.23. The first kappa shape index (κ1) is 14.2. The Balaban J connectivity index is 2.60. The van der Waals surface area contributed by atoms with E-state index < -0.39 is 0 Å². The van der Waals surface area contributed by atoms with Crippen LogP contribution in [0.2, 0.25) is 0 Å². The number of likely N-dealkylation sites (N-methyl/N-ethyl adjacent to an activating group) is 1. The molecule has 2 heteroatoms. The summed E-state index contributed by atoms with van der Waals surface area (Å²) in [7, 11) is 0. The van der Waals surface area contributed by atoms with Crippen LogP contribution in [-0.2, 0) is 6.54 Å². The van der Waals surface area contributed by atoms with Gasteiger partial charge in [-0.3, -0.25) is 4.90 Å². The maximum atomic E-state index is 6.39. The molecule has 2 nitrogen and oxygen atoms in total. The molecule has 0 heterocycles. The van der Waals surface area contributed by atoms with Gasteiger partial charge in [0.1, 0.15) is 0 Å². The fourth-order valence-electron chi connectivity index (χ4n) is 2.04. The van der Waals surface area contributed by atoms with Crippen LogP contribution in [0.15, 0.2) is 30.3 Å². The molecule has 0 fully saturated rings. The molecule has 0 saturated carbocycles. The molecular weight excluding hydrogens is 208 g/mol. The molecule has 17 heavy (non-hydrogen) atoms. The molecule has 0 amide bonds. The van der Waals surface area contributed by atoms with Gasteiger partial charge in [-0.25, -0.2) is 0 Å². The molecule has 0 radical (unpaired) electrons. The van der Waals surface area contributed by atoms with Gasteiger partial charge < -0.3 is 5.73 Å². The van der Waals surface area contributed by atoms with Crippen molar-refractivity contribution < 1.29 is 0 Å². The van der Waals surface area contributed by atoms with E-state index in [0.29, 0.717) is 0 Å². The van der Waals surface area contributed by atoms with E-state index in [9.17, 15) is 0 Å². The highest BCUT2D eigenvalue weighted by Crippen LogP contribution is 2.15. The van der Waals surface area contributed by atoms with E-state index in [0.717, 1.165) is 32.5 Å². The highest BCUT2D eigenvalue weighted by atomic mass is 15.1. The fraction of sp³-hybridized carbons (Fsp3) is 0.600. The summed E-state index contributed by atoms with van der Waals surface area (Å²) in [5.74, 6) is 0. The van der Waals surface area contributed by atoms with Gasteiger partial charge in [-0.15, -0.1) is 0 Å². The Bertz CT molecular complexity index is 304. The predicted molar refractivity (Wildman–Crippen MR) is 74.9 cm³/mol. The van der Waals surface area contributed by atoms with Gasteiger partial charge >= 0.3 is 0 Å². The number of hydrogen-bond donors (Lipinski definition) is 1. The van der Waals surface area contributed by atoms with Crippen molar-refractivity contribution in [3.05, 3.63) is 35.9 Å². The fourth-order valence-corrected chi connectivity index (χ4v) is 2.04. The molecule has 0 aliphatic heterocycles. The van der Waals surface area contributed by atoms with Crippen molar-refractivity contribution in [3.63, 3.8) is 0 Å². The first-order valence-corrected chi connectivity index (χ1v) is 6.68. The lowest BCUT2D eigenvalue weighted by atomic mass is 9.93. The van der Waals surface area contributed by atoms with Crippen LogP contribution in [0, 0.1) is 0 Å². The molecule has 1 aromatic rings. The zero-order valence-electron chi connectivity index (χ0n) is 11.4. The molecule has 0 bridgehead atoms. The second-order valence-corrected chi connectivity index (χ2v) is 4.86. The molecule has 0 aromatic heterocycles. The summed E-state index contributed by atoms with van der Waals surface area (Å²) in [4.78, 5) is 2.43. The maximum absolute atomic E-state index is 6.39. The molecule has 96 valence electrons. The lowest BCUT2D eigenvalue weighted by molar-refractivity contribution is 0.200. The minimum Gasteiger partial charge on any atom is -0.324 e. The standard InChI is InChI=1S/C15H26N2/c1-4-15(16,5-2)13-17(6-3)12-14-10-8-7-9-11-14/h7-11H,4-6,12-13,16H2,1-3H3. The Hall–Kier alpha value is -0.860. The summed E-state index contributed by atoms with van der Waals surface area (Å²) in [5.41, 5.74) is 7.71. The largest absolute Gasteiger partial charge is 0.324 e. The Kier molecular flexibility index (Phi) is 5.66. The van der Waals surface area contributed by atoms with E-state index in [1.165, 1.54) is 5.56 Å². The zero-order chi connectivity index (χ0) is 12.7. The van der Waals surface area contributed by atoms with E-state index in [4.69, 9.17) is 5.73 Å². The summed E-state index contributed by atoms with van der Waals surface area (Å²) in [6.07, 6.45) is 2.07. The molecule has 2 N–H and O–H groups in total. The Labute approximate surface area is 106 Å². The van der Waals surface area contributed by atoms with Crippen molar-refractivity contribution in [3.8, 4) is 0 Å². The van der Waals surface area contributed by atoms with Crippen molar-refractivity contribution in [2.24, 2.45) is 5.73 Å². The van der Waals surface area contributed by atoms with Crippen LogP contribution >= 0.6 is 0 Å². The Morgan fingerprint density at radius 1 is 1.06 bits per heavy atom. The van der Waals surface area contributed by atoms with Gasteiger partial charge in [-0.1, -0.05) is 51.1 Å². The number of benzene rings is 1. The summed E-state index contributed by atoms with van der Waals surface area (Å²) in [6.45, 7) is 9.59. The van der Waals surface area contributed by atoms with Gasteiger partial charge in [0.05, 0.1) is 0 Å². The molecule has 1 aromatic carbocycles. The van der Waals surface area contributed by atoms with Crippen LogP contribution in [0.1, 0.15) is 39.2 Å². The SMILES string of the molecule is CCN(Cc1ccccc1)CC(N)(CC)CC. The second kappa shape index (κ2) is 6.77. The zero-order valence-corrected chi connectivity index (χ0v) is 11.4. The van der Waals surface area contributed by atoms with Crippen molar-refractivity contribution in [1.82, 2.24) is 4.90 Å². The third-order valence-corrected chi connectivity index (χ3v) is 3.64. The number of hydrogen-bond acceptors (Lipinski definition) is 2. The molecule has 1 rings (SSSR count). The minimum atomic E-state index is -0.0369. The third-order valence-electron chi connectivity index (χ3n) is 3.64. The Morgan fingerprint density at radius 2 is 1.65 bits per heavy atom. The lowest BCUT2D eigenvalue weighted by Gasteiger charge is -2.33. The molecule has 0 unspecified atom stereocenters. The van der Waals surface area contributed by atoms with E-state index in [2.05, 4.69) is 56.0 Å². The van der Waals surface area contributed by atoms with E-state index in [-0.39, 0.29) is 5.54 Å². The number of nitrogens with two attached hydrogens (primary N) is 1. The number of rotatable bonds is 7. The quantitative estimate of drug-likeness (QED) is 0.786. The normalized spacial score (nSPS) is 12.1. The van der Waals surface area contributed by atoms with E-state index >= 15 is 0 Å². The lowest BCUT2D eigenvalue weighted by Crippen LogP contribution is -2.49. The van der Waals surface area contributed by atoms with Crippen LogP contribution in [0.3, 0.4) is 0 Å². The van der Waals surface area contributed by atoms with Gasteiger partial charge in [-0.05, 0) is 24.9 Å². The minimum absolute atomic E-state index is 0.0369. The first-order valence-electron chi connectivity index (χ1n) is 6.68. The molecule has 0 aliphatic carbocycles. The molecule has 0 atom stereocenters. The van der Waals surface area contributed by atoms with Crippen LogP contribution in [-0.4, -0.2) is 23.5 Å². The second-order valence-electron chi connectivity index (χ2n) is 4.86.